The number of rotatable bonds is 7. The minimum Gasteiger partial charge on any atom is -0.379 e. The van der Waals surface area contributed by atoms with Crippen molar-refractivity contribution >= 4 is 33.6 Å². The number of ether oxygens (including phenoxy) is 1. The number of hydrogen-bond donors (Lipinski definition) is 2. The van der Waals surface area contributed by atoms with Gasteiger partial charge in [-0.2, -0.15) is 4.31 Å². The van der Waals surface area contributed by atoms with Crippen LogP contribution in [0.4, 0.5) is 10.5 Å². The molecule has 2 fully saturated rings. The molecule has 0 spiro atoms. The molecule has 30 heavy (non-hydrogen) atoms. The standard InChI is InChI=1S/C19H26N4O6S/c1-13(2)11-16-18(25)23(19(26)21-16)12-17(24)20-14-3-5-15(6-4-14)30(27,28)22-7-9-29-10-8-22/h3-6,13,16H,7-12H2,1-2H3,(H,20,24)(H,21,26). The van der Waals surface area contributed by atoms with Crippen LogP contribution in [-0.4, -0.2) is 74.4 Å². The van der Waals surface area contributed by atoms with Crippen molar-refractivity contribution in [1.82, 2.24) is 14.5 Å². The fourth-order valence-corrected chi connectivity index (χ4v) is 4.76. The lowest BCUT2D eigenvalue weighted by Crippen LogP contribution is -2.40. The van der Waals surface area contributed by atoms with Crippen LogP contribution < -0.4 is 10.6 Å². The summed E-state index contributed by atoms with van der Waals surface area (Å²) >= 11 is 0. The second-order valence-electron chi connectivity index (χ2n) is 7.65. The molecule has 0 aliphatic carbocycles. The Labute approximate surface area is 175 Å². The largest absolute Gasteiger partial charge is 0.379 e. The lowest BCUT2D eigenvalue weighted by molar-refractivity contribution is -0.131. The predicted octanol–water partition coefficient (Wildman–Crippen LogP) is 0.613. The minimum absolute atomic E-state index is 0.119. The molecule has 2 aliphatic rings. The quantitative estimate of drug-likeness (QED) is 0.601. The minimum atomic E-state index is -3.62. The second kappa shape index (κ2) is 9.11. The van der Waals surface area contributed by atoms with E-state index in [1.807, 2.05) is 13.8 Å². The molecular formula is C19H26N4O6S. The molecule has 1 aromatic rings. The van der Waals surface area contributed by atoms with E-state index in [2.05, 4.69) is 10.6 Å². The summed E-state index contributed by atoms with van der Waals surface area (Å²) < 4.78 is 31.8. The average Bonchev–Trinajstić information content (AvgIpc) is 2.96. The highest BCUT2D eigenvalue weighted by atomic mass is 32.2. The monoisotopic (exact) mass is 438 g/mol. The van der Waals surface area contributed by atoms with Crippen LogP contribution in [-0.2, 0) is 24.3 Å². The van der Waals surface area contributed by atoms with Crippen LogP contribution in [0.15, 0.2) is 29.2 Å². The first-order valence-electron chi connectivity index (χ1n) is 9.78. The Kier molecular flexibility index (Phi) is 6.74. The van der Waals surface area contributed by atoms with Gasteiger partial charge in [0.25, 0.3) is 5.91 Å². The number of carbonyl (C=O) groups excluding carboxylic acids is 3. The SMILES string of the molecule is CC(C)CC1NC(=O)N(CC(=O)Nc2ccc(S(=O)(=O)N3CCOCC3)cc2)C1=O. The van der Waals surface area contributed by atoms with Gasteiger partial charge in [0.05, 0.1) is 18.1 Å². The first-order chi connectivity index (χ1) is 14.2. The highest BCUT2D eigenvalue weighted by molar-refractivity contribution is 7.89. The number of sulfonamides is 1. The van der Waals surface area contributed by atoms with E-state index >= 15 is 0 Å². The van der Waals surface area contributed by atoms with E-state index in [-0.39, 0.29) is 10.8 Å². The third-order valence-electron chi connectivity index (χ3n) is 4.86. The van der Waals surface area contributed by atoms with Crippen molar-refractivity contribution in [2.45, 2.75) is 31.2 Å². The summed E-state index contributed by atoms with van der Waals surface area (Å²) in [7, 11) is -3.62. The normalized spacial score (nSPS) is 20.5. The summed E-state index contributed by atoms with van der Waals surface area (Å²) in [6.45, 7) is 4.78. The van der Waals surface area contributed by atoms with Crippen LogP contribution in [0.2, 0.25) is 0 Å². The summed E-state index contributed by atoms with van der Waals surface area (Å²) in [5, 5.41) is 5.17. The predicted molar refractivity (Wildman–Crippen MR) is 108 cm³/mol. The molecule has 2 saturated heterocycles. The lowest BCUT2D eigenvalue weighted by Gasteiger charge is -2.26. The maximum Gasteiger partial charge on any atom is 0.325 e. The summed E-state index contributed by atoms with van der Waals surface area (Å²) in [6, 6.07) is 4.56. The highest BCUT2D eigenvalue weighted by Crippen LogP contribution is 2.20. The van der Waals surface area contributed by atoms with E-state index < -0.39 is 40.5 Å². The highest BCUT2D eigenvalue weighted by Gasteiger charge is 2.39. The van der Waals surface area contributed by atoms with Crippen molar-refractivity contribution in [2.75, 3.05) is 38.2 Å². The molecule has 2 heterocycles. The van der Waals surface area contributed by atoms with Crippen molar-refractivity contribution < 1.29 is 27.5 Å². The van der Waals surface area contributed by atoms with E-state index in [0.29, 0.717) is 38.4 Å². The summed E-state index contributed by atoms with van der Waals surface area (Å²) in [5.74, 6) is -0.747. The Morgan fingerprint density at radius 2 is 1.83 bits per heavy atom. The average molecular weight is 439 g/mol. The van der Waals surface area contributed by atoms with E-state index in [1.165, 1.54) is 28.6 Å². The first kappa shape index (κ1) is 22.2. The van der Waals surface area contributed by atoms with Crippen molar-refractivity contribution in [3.8, 4) is 0 Å². The molecule has 2 aliphatic heterocycles. The van der Waals surface area contributed by atoms with Crippen LogP contribution in [0.25, 0.3) is 0 Å². The molecule has 0 radical (unpaired) electrons. The summed E-state index contributed by atoms with van der Waals surface area (Å²) in [6.07, 6.45) is 0.502. The molecule has 0 aromatic heterocycles. The van der Waals surface area contributed by atoms with Gasteiger partial charge in [0.2, 0.25) is 15.9 Å². The van der Waals surface area contributed by atoms with Gasteiger partial charge in [-0.1, -0.05) is 13.8 Å². The fraction of sp³-hybridized carbons (Fsp3) is 0.526. The Hall–Kier alpha value is -2.50. The van der Waals surface area contributed by atoms with Gasteiger partial charge in [-0.05, 0) is 36.6 Å². The van der Waals surface area contributed by atoms with Crippen LogP contribution >= 0.6 is 0 Å². The van der Waals surface area contributed by atoms with Gasteiger partial charge >= 0.3 is 6.03 Å². The number of urea groups is 1. The smallest absolute Gasteiger partial charge is 0.325 e. The molecule has 11 heteroatoms. The molecule has 4 amide bonds. The number of amides is 4. The number of carbonyl (C=O) groups is 3. The van der Waals surface area contributed by atoms with E-state index in [4.69, 9.17) is 4.74 Å². The van der Waals surface area contributed by atoms with Crippen molar-refractivity contribution in [3.05, 3.63) is 24.3 Å². The molecular weight excluding hydrogens is 412 g/mol. The Morgan fingerprint density at radius 3 is 2.43 bits per heavy atom. The molecule has 10 nitrogen and oxygen atoms in total. The number of imide groups is 1. The van der Waals surface area contributed by atoms with Gasteiger partial charge in [-0.25, -0.2) is 13.2 Å². The molecule has 1 atom stereocenters. The third-order valence-corrected chi connectivity index (χ3v) is 6.77. The maximum atomic E-state index is 12.6. The van der Waals surface area contributed by atoms with Gasteiger partial charge in [-0.15, -0.1) is 0 Å². The molecule has 164 valence electrons. The zero-order chi connectivity index (χ0) is 21.9. The first-order valence-corrected chi connectivity index (χ1v) is 11.2. The van der Waals surface area contributed by atoms with Crippen molar-refractivity contribution in [1.29, 1.82) is 0 Å². The van der Waals surface area contributed by atoms with Gasteiger partial charge in [0.15, 0.2) is 0 Å². The zero-order valence-corrected chi connectivity index (χ0v) is 17.8. The topological polar surface area (TPSA) is 125 Å². The van der Waals surface area contributed by atoms with Crippen LogP contribution in [0.3, 0.4) is 0 Å². The summed E-state index contributed by atoms with van der Waals surface area (Å²) in [5.41, 5.74) is 0.367. The number of morpholine rings is 1. The third kappa shape index (κ3) is 4.97. The number of anilines is 1. The Bertz CT molecular complexity index is 909. The molecule has 3 rings (SSSR count). The number of benzene rings is 1. The van der Waals surface area contributed by atoms with Gasteiger partial charge in [-0.3, -0.25) is 14.5 Å². The Morgan fingerprint density at radius 1 is 1.20 bits per heavy atom. The van der Waals surface area contributed by atoms with Gasteiger partial charge in [0.1, 0.15) is 12.6 Å². The lowest BCUT2D eigenvalue weighted by atomic mass is 10.0. The van der Waals surface area contributed by atoms with E-state index in [9.17, 15) is 22.8 Å². The number of nitrogens with zero attached hydrogens (tertiary/aromatic N) is 2. The van der Waals surface area contributed by atoms with E-state index in [0.717, 1.165) is 4.90 Å². The second-order valence-corrected chi connectivity index (χ2v) is 9.58. The number of hydrogen-bond acceptors (Lipinski definition) is 6. The van der Waals surface area contributed by atoms with Crippen LogP contribution in [0.5, 0.6) is 0 Å². The van der Waals surface area contributed by atoms with Crippen molar-refractivity contribution in [2.24, 2.45) is 5.92 Å². The van der Waals surface area contributed by atoms with Gasteiger partial charge < -0.3 is 15.4 Å². The van der Waals surface area contributed by atoms with Crippen molar-refractivity contribution in [3.63, 3.8) is 0 Å². The molecule has 2 N–H and O–H groups in total. The number of nitrogens with one attached hydrogen (secondary N) is 2. The van der Waals surface area contributed by atoms with Crippen LogP contribution in [0, 0.1) is 5.92 Å². The molecule has 0 saturated carbocycles. The molecule has 0 bridgehead atoms. The molecule has 1 aromatic carbocycles. The maximum absolute atomic E-state index is 12.6. The Balaban J connectivity index is 1.59. The van der Waals surface area contributed by atoms with Crippen LogP contribution in [0.1, 0.15) is 20.3 Å². The molecule has 1 unspecified atom stereocenters. The van der Waals surface area contributed by atoms with Gasteiger partial charge in [0, 0.05) is 18.8 Å². The zero-order valence-electron chi connectivity index (χ0n) is 17.0. The fourth-order valence-electron chi connectivity index (χ4n) is 3.35. The summed E-state index contributed by atoms with van der Waals surface area (Å²) in [4.78, 5) is 37.6. The van der Waals surface area contributed by atoms with E-state index in [1.54, 1.807) is 0 Å².